The molecule has 0 aromatic rings. The lowest BCUT2D eigenvalue weighted by atomic mass is 10.00. The Bertz CT molecular complexity index is 288. The lowest BCUT2D eigenvalue weighted by Gasteiger charge is -2.18. The average molecular weight is 314 g/mol. The van der Waals surface area contributed by atoms with Crippen molar-refractivity contribution >= 4 is 11.9 Å². The van der Waals surface area contributed by atoms with E-state index < -0.39 is 17.9 Å². The maximum Gasteiger partial charge on any atom is 0.320 e. The van der Waals surface area contributed by atoms with Crippen molar-refractivity contribution in [3.8, 4) is 0 Å². The third-order valence-corrected chi connectivity index (χ3v) is 3.37. The van der Waals surface area contributed by atoms with Gasteiger partial charge in [0, 0.05) is 0 Å². The van der Waals surface area contributed by atoms with E-state index in [1.165, 1.54) is 25.7 Å². The summed E-state index contributed by atoms with van der Waals surface area (Å²) in [5, 5.41) is 0. The van der Waals surface area contributed by atoms with Crippen LogP contribution in [0, 0.1) is 5.92 Å². The predicted molar refractivity (Wildman–Crippen MR) is 88.6 cm³/mol. The lowest BCUT2D eigenvalue weighted by Crippen LogP contribution is -2.31. The van der Waals surface area contributed by atoms with Crippen LogP contribution in [-0.2, 0) is 19.1 Å². The van der Waals surface area contributed by atoms with Crippen LogP contribution >= 0.6 is 0 Å². The van der Waals surface area contributed by atoms with E-state index in [0.29, 0.717) is 6.42 Å². The van der Waals surface area contributed by atoms with Gasteiger partial charge < -0.3 is 9.47 Å². The number of carbonyl (C=O) groups is 2. The lowest BCUT2D eigenvalue weighted by molar-refractivity contribution is -0.166. The summed E-state index contributed by atoms with van der Waals surface area (Å²) in [7, 11) is 0. The van der Waals surface area contributed by atoms with Gasteiger partial charge in [-0.2, -0.15) is 0 Å². The summed E-state index contributed by atoms with van der Waals surface area (Å²) in [6.07, 6.45) is 8.17. The molecule has 0 atom stereocenters. The van der Waals surface area contributed by atoms with Crippen LogP contribution in [0.5, 0.6) is 0 Å². The molecule has 4 heteroatoms. The SMILES string of the molecule is CCCCCCCCCC(C(=O)OC(C)C)C(=O)OC(C)C. The molecule has 0 aromatic heterocycles. The van der Waals surface area contributed by atoms with Gasteiger partial charge in [0.1, 0.15) is 0 Å². The van der Waals surface area contributed by atoms with Crippen molar-refractivity contribution in [2.45, 2.75) is 98.2 Å². The fourth-order valence-electron chi connectivity index (χ4n) is 2.27. The van der Waals surface area contributed by atoms with E-state index in [9.17, 15) is 9.59 Å². The standard InChI is InChI=1S/C18H34O4/c1-6-7-8-9-10-11-12-13-16(17(19)21-14(2)3)18(20)22-15(4)5/h14-16H,6-13H2,1-5H3. The highest BCUT2D eigenvalue weighted by atomic mass is 16.6. The monoisotopic (exact) mass is 314 g/mol. The van der Waals surface area contributed by atoms with Crippen molar-refractivity contribution < 1.29 is 19.1 Å². The summed E-state index contributed by atoms with van der Waals surface area (Å²) >= 11 is 0. The van der Waals surface area contributed by atoms with Crippen LogP contribution in [0.15, 0.2) is 0 Å². The molecule has 0 fully saturated rings. The van der Waals surface area contributed by atoms with Gasteiger partial charge in [-0.25, -0.2) is 0 Å². The van der Waals surface area contributed by atoms with Crippen LogP contribution in [0.1, 0.15) is 86.0 Å². The summed E-state index contributed by atoms with van der Waals surface area (Å²) < 4.78 is 10.4. The molecule has 0 spiro atoms. The van der Waals surface area contributed by atoms with Gasteiger partial charge in [0.15, 0.2) is 5.92 Å². The molecule has 0 rings (SSSR count). The topological polar surface area (TPSA) is 52.6 Å². The Hall–Kier alpha value is -1.06. The van der Waals surface area contributed by atoms with E-state index in [1.54, 1.807) is 27.7 Å². The number of ether oxygens (including phenoxy) is 2. The van der Waals surface area contributed by atoms with Crippen LogP contribution in [0.2, 0.25) is 0 Å². The number of rotatable bonds is 12. The third kappa shape index (κ3) is 10.6. The van der Waals surface area contributed by atoms with Gasteiger partial charge in [-0.1, -0.05) is 51.9 Å². The second-order valence-electron chi connectivity index (χ2n) is 6.43. The Balaban J connectivity index is 4.23. The zero-order valence-corrected chi connectivity index (χ0v) is 15.0. The number of hydrogen-bond donors (Lipinski definition) is 0. The van der Waals surface area contributed by atoms with Crippen LogP contribution in [0.3, 0.4) is 0 Å². The van der Waals surface area contributed by atoms with Gasteiger partial charge in [0.05, 0.1) is 12.2 Å². The van der Waals surface area contributed by atoms with E-state index >= 15 is 0 Å². The van der Waals surface area contributed by atoms with Gasteiger partial charge in [-0.15, -0.1) is 0 Å². The molecular weight excluding hydrogens is 280 g/mol. The van der Waals surface area contributed by atoms with Crippen molar-refractivity contribution in [1.82, 2.24) is 0 Å². The minimum Gasteiger partial charge on any atom is -0.462 e. The molecular formula is C18H34O4. The van der Waals surface area contributed by atoms with Crippen LogP contribution in [-0.4, -0.2) is 24.1 Å². The van der Waals surface area contributed by atoms with Crippen molar-refractivity contribution in [1.29, 1.82) is 0 Å². The highest BCUT2D eigenvalue weighted by molar-refractivity contribution is 5.95. The summed E-state index contributed by atoms with van der Waals surface area (Å²) in [5.41, 5.74) is 0. The zero-order valence-electron chi connectivity index (χ0n) is 15.0. The van der Waals surface area contributed by atoms with Crippen molar-refractivity contribution in [2.24, 2.45) is 5.92 Å². The summed E-state index contributed by atoms with van der Waals surface area (Å²) in [6, 6.07) is 0. The number of unbranched alkanes of at least 4 members (excludes halogenated alkanes) is 6. The summed E-state index contributed by atoms with van der Waals surface area (Å²) in [6.45, 7) is 9.35. The Morgan fingerprint density at radius 2 is 1.14 bits per heavy atom. The molecule has 0 radical (unpaired) electrons. The molecule has 0 aliphatic heterocycles. The Labute approximate surface area is 135 Å². The normalized spacial score (nSPS) is 11.3. The highest BCUT2D eigenvalue weighted by Crippen LogP contribution is 2.17. The molecule has 0 unspecified atom stereocenters. The minimum atomic E-state index is -0.777. The first-order chi connectivity index (χ1) is 10.4. The molecule has 0 aliphatic rings. The number of esters is 2. The third-order valence-electron chi connectivity index (χ3n) is 3.37. The van der Waals surface area contributed by atoms with E-state index in [-0.39, 0.29) is 12.2 Å². The van der Waals surface area contributed by atoms with Crippen LogP contribution in [0.25, 0.3) is 0 Å². The second kappa shape index (κ2) is 12.5. The van der Waals surface area contributed by atoms with Gasteiger partial charge >= 0.3 is 11.9 Å². The Morgan fingerprint density at radius 1 is 0.727 bits per heavy atom. The van der Waals surface area contributed by atoms with Crippen molar-refractivity contribution in [3.05, 3.63) is 0 Å². The van der Waals surface area contributed by atoms with Gasteiger partial charge in [-0.3, -0.25) is 9.59 Å². The predicted octanol–water partition coefficient (Wildman–Crippen LogP) is 4.65. The van der Waals surface area contributed by atoms with Crippen molar-refractivity contribution in [3.63, 3.8) is 0 Å². The molecule has 130 valence electrons. The minimum absolute atomic E-state index is 0.212. The molecule has 0 N–H and O–H groups in total. The van der Waals surface area contributed by atoms with Gasteiger partial charge in [0.2, 0.25) is 0 Å². The number of hydrogen-bond acceptors (Lipinski definition) is 4. The van der Waals surface area contributed by atoms with Crippen LogP contribution in [0.4, 0.5) is 0 Å². The van der Waals surface area contributed by atoms with Crippen LogP contribution < -0.4 is 0 Å². The number of carbonyl (C=O) groups excluding carboxylic acids is 2. The van der Waals surface area contributed by atoms with E-state index in [0.717, 1.165) is 19.3 Å². The summed E-state index contributed by atoms with van der Waals surface area (Å²) in [4.78, 5) is 24.1. The van der Waals surface area contributed by atoms with Gasteiger partial charge in [-0.05, 0) is 34.1 Å². The molecule has 0 bridgehead atoms. The average Bonchev–Trinajstić information content (AvgIpc) is 2.39. The first kappa shape index (κ1) is 20.9. The molecule has 0 amide bonds. The maximum absolute atomic E-state index is 12.1. The smallest absolute Gasteiger partial charge is 0.320 e. The summed E-state index contributed by atoms with van der Waals surface area (Å²) in [5.74, 6) is -1.68. The molecule has 22 heavy (non-hydrogen) atoms. The quantitative estimate of drug-likeness (QED) is 0.299. The fraction of sp³-hybridized carbons (Fsp3) is 0.889. The molecule has 0 heterocycles. The Morgan fingerprint density at radius 3 is 1.55 bits per heavy atom. The molecule has 0 aliphatic carbocycles. The van der Waals surface area contributed by atoms with E-state index in [2.05, 4.69) is 6.92 Å². The van der Waals surface area contributed by atoms with E-state index in [4.69, 9.17) is 9.47 Å². The second-order valence-corrected chi connectivity index (χ2v) is 6.43. The zero-order chi connectivity index (χ0) is 17.0. The van der Waals surface area contributed by atoms with Gasteiger partial charge in [0.25, 0.3) is 0 Å². The highest BCUT2D eigenvalue weighted by Gasteiger charge is 2.30. The molecule has 4 nitrogen and oxygen atoms in total. The molecule has 0 aromatic carbocycles. The first-order valence-electron chi connectivity index (χ1n) is 8.79. The van der Waals surface area contributed by atoms with Crippen molar-refractivity contribution in [2.75, 3.05) is 0 Å². The van der Waals surface area contributed by atoms with E-state index in [1.807, 2.05) is 0 Å². The molecule has 0 saturated heterocycles. The fourth-order valence-corrected chi connectivity index (χ4v) is 2.27. The first-order valence-corrected chi connectivity index (χ1v) is 8.79. The maximum atomic E-state index is 12.1. The largest absolute Gasteiger partial charge is 0.462 e. The molecule has 0 saturated carbocycles. The Kier molecular flexibility index (Phi) is 11.9.